The number of benzene rings is 1. The van der Waals surface area contributed by atoms with Crippen molar-refractivity contribution in [2.24, 2.45) is 17.6 Å². The second-order valence-electron chi connectivity index (χ2n) is 8.23. The summed E-state index contributed by atoms with van der Waals surface area (Å²) < 4.78 is 5.33. The SMILES string of the molecule is CCN[C@@H]1C(O)=C(C(N)=O)C(=O)[C@@]2(O)C(O)=C3C(=O)c4c(O)ccc(OC)c4C[C@H]3C[C@@H]12. The fourth-order valence-corrected chi connectivity index (χ4v) is 5.30. The standard InChI is InChI=1S/C22H24N2O8/c1-3-24-16-10-7-8-6-9-12(32-2)5-4-11(25)14(9)17(26)13(8)19(28)22(10,31)20(29)15(18(16)27)21(23)30/h4-5,8,10,16,24-25,27-28,31H,3,6-7H2,1-2H3,(H2,23,30)/t8-,10-,16-,22-/m0/s1. The molecule has 0 spiro atoms. The van der Waals surface area contributed by atoms with Crippen molar-refractivity contribution in [3.63, 3.8) is 0 Å². The molecule has 0 radical (unpaired) electrons. The lowest BCUT2D eigenvalue weighted by atomic mass is 9.58. The number of phenolic OH excluding ortho intramolecular Hbond substituents is 1. The van der Waals surface area contributed by atoms with Crippen molar-refractivity contribution in [3.8, 4) is 11.5 Å². The Labute approximate surface area is 183 Å². The van der Waals surface area contributed by atoms with Crippen LogP contribution >= 0.6 is 0 Å². The van der Waals surface area contributed by atoms with Crippen LogP contribution in [-0.2, 0) is 16.0 Å². The van der Waals surface area contributed by atoms with Gasteiger partial charge in [0.15, 0.2) is 11.4 Å². The number of likely N-dealkylation sites (N-methyl/N-ethyl adjacent to an activating group) is 1. The minimum absolute atomic E-state index is 0.0272. The molecule has 0 heterocycles. The zero-order chi connectivity index (χ0) is 23.5. The van der Waals surface area contributed by atoms with Crippen LogP contribution in [0.4, 0.5) is 0 Å². The number of aliphatic hydroxyl groups excluding tert-OH is 2. The highest BCUT2D eigenvalue weighted by atomic mass is 16.5. The maximum absolute atomic E-state index is 13.3. The summed E-state index contributed by atoms with van der Waals surface area (Å²) in [4.78, 5) is 38.4. The normalized spacial score (nSPS) is 29.4. The van der Waals surface area contributed by atoms with E-state index < -0.39 is 58.0 Å². The molecular weight excluding hydrogens is 420 g/mol. The minimum Gasteiger partial charge on any atom is -0.510 e. The number of ketones is 2. The van der Waals surface area contributed by atoms with Gasteiger partial charge in [-0.15, -0.1) is 0 Å². The molecule has 10 heteroatoms. The molecule has 3 aliphatic rings. The van der Waals surface area contributed by atoms with Crippen LogP contribution in [0.15, 0.2) is 34.8 Å². The first-order valence-corrected chi connectivity index (χ1v) is 10.2. The van der Waals surface area contributed by atoms with Gasteiger partial charge in [0.25, 0.3) is 5.91 Å². The molecule has 7 N–H and O–H groups in total. The fourth-order valence-electron chi connectivity index (χ4n) is 5.30. The van der Waals surface area contributed by atoms with Gasteiger partial charge in [-0.3, -0.25) is 14.4 Å². The highest BCUT2D eigenvalue weighted by Gasteiger charge is 2.62. The number of aliphatic hydroxyl groups is 3. The number of Topliss-reactive ketones (excluding diaryl/α,β-unsaturated/α-hetero) is 2. The lowest BCUT2D eigenvalue weighted by Crippen LogP contribution is -2.64. The van der Waals surface area contributed by atoms with E-state index in [1.807, 2.05) is 0 Å². The molecule has 0 fully saturated rings. The fraction of sp³-hybridized carbons (Fsp3) is 0.409. The van der Waals surface area contributed by atoms with Crippen molar-refractivity contribution in [1.29, 1.82) is 0 Å². The Kier molecular flexibility index (Phi) is 5.02. The minimum atomic E-state index is -2.64. The van der Waals surface area contributed by atoms with E-state index in [0.717, 1.165) is 0 Å². The molecule has 4 rings (SSSR count). The summed E-state index contributed by atoms with van der Waals surface area (Å²) in [5, 5.41) is 46.4. The van der Waals surface area contributed by atoms with Crippen LogP contribution in [0, 0.1) is 11.8 Å². The van der Waals surface area contributed by atoms with E-state index in [-0.39, 0.29) is 29.7 Å². The lowest BCUT2D eigenvalue weighted by Gasteiger charge is -2.48. The highest BCUT2D eigenvalue weighted by molar-refractivity contribution is 6.24. The van der Waals surface area contributed by atoms with Crippen LogP contribution in [0.3, 0.4) is 0 Å². The largest absolute Gasteiger partial charge is 0.510 e. The quantitative estimate of drug-likeness (QED) is 0.353. The molecule has 0 saturated heterocycles. The molecule has 0 bridgehead atoms. The van der Waals surface area contributed by atoms with Gasteiger partial charge in [-0.2, -0.15) is 0 Å². The third kappa shape index (κ3) is 2.69. The number of carbonyl (C=O) groups excluding carboxylic acids is 3. The van der Waals surface area contributed by atoms with Gasteiger partial charge in [-0.25, -0.2) is 0 Å². The van der Waals surface area contributed by atoms with Gasteiger partial charge >= 0.3 is 0 Å². The summed E-state index contributed by atoms with van der Waals surface area (Å²) in [6.07, 6.45) is 0.213. The number of primary amides is 1. The zero-order valence-electron chi connectivity index (χ0n) is 17.5. The number of fused-ring (bicyclic) bond motifs is 3. The molecule has 1 amide bonds. The number of amides is 1. The van der Waals surface area contributed by atoms with Crippen molar-refractivity contribution in [2.75, 3.05) is 13.7 Å². The Morgan fingerprint density at radius 2 is 1.97 bits per heavy atom. The van der Waals surface area contributed by atoms with Crippen LogP contribution < -0.4 is 15.8 Å². The number of nitrogens with two attached hydrogens (primary N) is 1. The predicted octanol–water partition coefficient (Wildman–Crippen LogP) is 0.177. The second kappa shape index (κ2) is 7.35. The number of carbonyl (C=O) groups is 3. The van der Waals surface area contributed by atoms with E-state index in [1.54, 1.807) is 6.92 Å². The van der Waals surface area contributed by atoms with E-state index in [4.69, 9.17) is 10.5 Å². The number of phenols is 1. The first-order chi connectivity index (χ1) is 15.1. The number of nitrogens with one attached hydrogen (secondary N) is 1. The average Bonchev–Trinajstić information content (AvgIpc) is 2.73. The molecule has 0 saturated carbocycles. The number of allylic oxidation sites excluding steroid dienone is 1. The van der Waals surface area contributed by atoms with E-state index in [0.29, 0.717) is 17.9 Å². The Morgan fingerprint density at radius 1 is 1.28 bits per heavy atom. The van der Waals surface area contributed by atoms with Crippen LogP contribution in [0.5, 0.6) is 11.5 Å². The number of ether oxygens (including phenoxy) is 1. The van der Waals surface area contributed by atoms with Crippen LogP contribution in [0.1, 0.15) is 29.3 Å². The molecule has 0 aliphatic heterocycles. The molecule has 170 valence electrons. The molecule has 1 aromatic rings. The number of methoxy groups -OCH3 is 1. The van der Waals surface area contributed by atoms with Gasteiger partial charge in [0, 0.05) is 17.1 Å². The van der Waals surface area contributed by atoms with Gasteiger partial charge in [0.2, 0.25) is 5.78 Å². The van der Waals surface area contributed by atoms with Gasteiger partial charge in [-0.1, -0.05) is 6.92 Å². The molecule has 3 aliphatic carbocycles. The summed E-state index contributed by atoms with van der Waals surface area (Å²) in [6.45, 7) is 2.04. The maximum atomic E-state index is 13.3. The summed E-state index contributed by atoms with van der Waals surface area (Å²) in [7, 11) is 1.43. The third-order valence-electron chi connectivity index (χ3n) is 6.69. The van der Waals surface area contributed by atoms with Crippen LogP contribution in [0.25, 0.3) is 0 Å². The average molecular weight is 444 g/mol. The Bertz CT molecular complexity index is 1120. The Morgan fingerprint density at radius 3 is 2.56 bits per heavy atom. The monoisotopic (exact) mass is 444 g/mol. The molecule has 10 nitrogen and oxygen atoms in total. The molecule has 4 atom stereocenters. The topological polar surface area (TPSA) is 179 Å². The van der Waals surface area contributed by atoms with Crippen LogP contribution in [0.2, 0.25) is 0 Å². The van der Waals surface area contributed by atoms with Crippen molar-refractivity contribution in [1.82, 2.24) is 5.32 Å². The molecule has 1 aromatic carbocycles. The van der Waals surface area contributed by atoms with Crippen molar-refractivity contribution >= 4 is 17.5 Å². The van der Waals surface area contributed by atoms with Crippen molar-refractivity contribution in [3.05, 3.63) is 45.9 Å². The van der Waals surface area contributed by atoms with Crippen LogP contribution in [-0.4, -0.2) is 63.2 Å². The molecule has 0 unspecified atom stereocenters. The molecule has 32 heavy (non-hydrogen) atoms. The Balaban J connectivity index is 1.95. The second-order valence-corrected chi connectivity index (χ2v) is 8.23. The van der Waals surface area contributed by atoms with Gasteiger partial charge < -0.3 is 36.2 Å². The van der Waals surface area contributed by atoms with E-state index in [9.17, 15) is 34.8 Å². The third-order valence-corrected chi connectivity index (χ3v) is 6.69. The predicted molar refractivity (Wildman–Crippen MR) is 110 cm³/mol. The summed E-state index contributed by atoms with van der Waals surface area (Å²) >= 11 is 0. The zero-order valence-corrected chi connectivity index (χ0v) is 17.5. The summed E-state index contributed by atoms with van der Waals surface area (Å²) in [6, 6.07) is 1.75. The number of rotatable bonds is 4. The maximum Gasteiger partial charge on any atom is 0.255 e. The number of aromatic hydroxyl groups is 1. The van der Waals surface area contributed by atoms with Gasteiger partial charge in [-0.05, 0) is 37.4 Å². The van der Waals surface area contributed by atoms with Gasteiger partial charge in [0.05, 0.1) is 18.7 Å². The summed E-state index contributed by atoms with van der Waals surface area (Å²) in [5.41, 5.74) is 1.97. The first kappa shape index (κ1) is 21.8. The lowest BCUT2D eigenvalue weighted by molar-refractivity contribution is -0.146. The smallest absolute Gasteiger partial charge is 0.255 e. The van der Waals surface area contributed by atoms with E-state index in [1.165, 1.54) is 19.2 Å². The van der Waals surface area contributed by atoms with E-state index in [2.05, 4.69) is 5.32 Å². The molecular formula is C22H24N2O8. The van der Waals surface area contributed by atoms with E-state index >= 15 is 0 Å². The number of hydrogen-bond donors (Lipinski definition) is 6. The first-order valence-electron chi connectivity index (χ1n) is 10.2. The summed E-state index contributed by atoms with van der Waals surface area (Å²) in [5.74, 6) is -6.42. The Hall–Kier alpha value is -3.37. The van der Waals surface area contributed by atoms with Gasteiger partial charge in [0.1, 0.15) is 28.6 Å². The number of hydrogen-bond acceptors (Lipinski definition) is 9. The van der Waals surface area contributed by atoms with Crippen molar-refractivity contribution < 1.29 is 39.5 Å². The highest BCUT2D eigenvalue weighted by Crippen LogP contribution is 2.52. The van der Waals surface area contributed by atoms with Crippen molar-refractivity contribution in [2.45, 2.75) is 31.4 Å². The molecule has 0 aromatic heterocycles.